The molecule has 0 unspecified atom stereocenters. The average Bonchev–Trinajstić information content (AvgIpc) is 2.65. The van der Waals surface area contributed by atoms with Crippen LogP contribution in [0.25, 0.3) is 10.8 Å². The monoisotopic (exact) mass is 346 g/mol. The van der Waals surface area contributed by atoms with Crippen LogP contribution in [-0.2, 0) is 13.1 Å². The van der Waals surface area contributed by atoms with Crippen molar-refractivity contribution >= 4 is 22.5 Å². The second kappa shape index (κ2) is 7.53. The number of aryl methyl sites for hydroxylation is 1. The van der Waals surface area contributed by atoms with Crippen molar-refractivity contribution in [3.8, 4) is 12.3 Å². The molecule has 6 nitrogen and oxygen atoms in total. The summed E-state index contributed by atoms with van der Waals surface area (Å²) in [6.07, 6.45) is 5.31. The number of aromatic nitrogens is 2. The number of amides is 2. The van der Waals surface area contributed by atoms with Gasteiger partial charge in [0.25, 0.3) is 5.56 Å². The first-order chi connectivity index (χ1) is 12.6. The van der Waals surface area contributed by atoms with Crippen molar-refractivity contribution in [3.05, 3.63) is 70.1 Å². The summed E-state index contributed by atoms with van der Waals surface area (Å²) in [5, 5.41) is 11.0. The van der Waals surface area contributed by atoms with Crippen LogP contribution < -0.4 is 16.2 Å². The molecular weight excluding hydrogens is 328 g/mol. The molecule has 0 aliphatic carbocycles. The van der Waals surface area contributed by atoms with Crippen LogP contribution in [0.5, 0.6) is 0 Å². The number of hydrogen-bond donors (Lipinski definition) is 2. The maximum atomic E-state index is 12.4. The van der Waals surface area contributed by atoms with Gasteiger partial charge in [0.15, 0.2) is 0 Å². The molecule has 2 N–H and O–H groups in total. The topological polar surface area (TPSA) is 76.0 Å². The number of carbonyl (C=O) groups is 1. The lowest BCUT2D eigenvalue weighted by Gasteiger charge is -2.11. The number of nitrogens with one attached hydrogen (secondary N) is 2. The van der Waals surface area contributed by atoms with Crippen molar-refractivity contribution in [3.63, 3.8) is 0 Å². The highest BCUT2D eigenvalue weighted by molar-refractivity contribution is 5.90. The first-order valence-electron chi connectivity index (χ1n) is 8.12. The number of terminal acetylenes is 1. The molecule has 2 aromatic carbocycles. The predicted octanol–water partition coefficient (Wildman–Crippen LogP) is 2.66. The molecule has 2 amide bonds. The number of urea groups is 1. The Bertz CT molecular complexity index is 1050. The lowest BCUT2D eigenvalue weighted by Crippen LogP contribution is -2.31. The quantitative estimate of drug-likeness (QED) is 0.713. The summed E-state index contributed by atoms with van der Waals surface area (Å²) in [7, 11) is 0. The largest absolute Gasteiger partial charge is 0.332 e. The highest BCUT2D eigenvalue weighted by Gasteiger charge is 2.11. The predicted molar refractivity (Wildman–Crippen MR) is 102 cm³/mol. The second-order valence-corrected chi connectivity index (χ2v) is 5.83. The molecule has 6 heteroatoms. The molecule has 0 aliphatic heterocycles. The highest BCUT2D eigenvalue weighted by Crippen LogP contribution is 2.13. The Kier molecular flexibility index (Phi) is 4.99. The normalized spacial score (nSPS) is 10.3. The van der Waals surface area contributed by atoms with Crippen LogP contribution >= 0.6 is 0 Å². The van der Waals surface area contributed by atoms with E-state index in [1.165, 1.54) is 4.68 Å². The number of carbonyl (C=O) groups excluding carboxylic acids is 1. The molecule has 0 bridgehead atoms. The van der Waals surface area contributed by atoms with Crippen LogP contribution in [0.3, 0.4) is 0 Å². The highest BCUT2D eigenvalue weighted by atomic mass is 16.2. The Morgan fingerprint density at radius 2 is 1.85 bits per heavy atom. The van der Waals surface area contributed by atoms with Gasteiger partial charge < -0.3 is 10.6 Å². The van der Waals surface area contributed by atoms with Gasteiger partial charge in [-0.3, -0.25) is 4.79 Å². The molecule has 0 saturated carbocycles. The fourth-order valence-corrected chi connectivity index (χ4v) is 2.61. The summed E-state index contributed by atoms with van der Waals surface area (Å²) < 4.78 is 1.23. The van der Waals surface area contributed by atoms with Crippen LogP contribution in [0, 0.1) is 19.3 Å². The molecule has 0 fully saturated rings. The van der Waals surface area contributed by atoms with E-state index in [4.69, 9.17) is 6.42 Å². The Morgan fingerprint density at radius 3 is 2.54 bits per heavy atom. The van der Waals surface area contributed by atoms with Crippen LogP contribution in [0.2, 0.25) is 0 Å². The van der Waals surface area contributed by atoms with Gasteiger partial charge in [-0.15, -0.1) is 6.42 Å². The van der Waals surface area contributed by atoms with Crippen LogP contribution in [0.1, 0.15) is 11.3 Å². The second-order valence-electron chi connectivity index (χ2n) is 5.83. The van der Waals surface area contributed by atoms with Crippen LogP contribution in [0.15, 0.2) is 53.3 Å². The van der Waals surface area contributed by atoms with Crippen molar-refractivity contribution in [1.29, 1.82) is 0 Å². The first kappa shape index (κ1) is 17.2. The van der Waals surface area contributed by atoms with Crippen LogP contribution in [-0.4, -0.2) is 15.8 Å². The Balaban J connectivity index is 1.81. The van der Waals surface area contributed by atoms with Gasteiger partial charge in [-0.25, -0.2) is 9.48 Å². The fraction of sp³-hybridized carbons (Fsp3) is 0.150. The zero-order valence-corrected chi connectivity index (χ0v) is 14.3. The molecule has 0 atom stereocenters. The van der Waals surface area contributed by atoms with Gasteiger partial charge in [0.2, 0.25) is 0 Å². The third kappa shape index (κ3) is 3.73. The number of fused-ring (bicyclic) bond motifs is 1. The zero-order valence-electron chi connectivity index (χ0n) is 14.3. The van der Waals surface area contributed by atoms with E-state index in [1.54, 1.807) is 18.2 Å². The molecule has 26 heavy (non-hydrogen) atoms. The van der Waals surface area contributed by atoms with Crippen molar-refractivity contribution in [2.75, 3.05) is 5.32 Å². The van der Waals surface area contributed by atoms with Crippen molar-refractivity contribution < 1.29 is 4.79 Å². The summed E-state index contributed by atoms with van der Waals surface area (Å²) in [4.78, 5) is 24.5. The fourth-order valence-electron chi connectivity index (χ4n) is 2.61. The lowest BCUT2D eigenvalue weighted by atomic mass is 10.1. The number of benzene rings is 2. The van der Waals surface area contributed by atoms with E-state index in [0.717, 1.165) is 5.56 Å². The Morgan fingerprint density at radius 1 is 1.15 bits per heavy atom. The molecule has 3 aromatic rings. The average molecular weight is 346 g/mol. The van der Waals surface area contributed by atoms with Gasteiger partial charge >= 0.3 is 6.03 Å². The molecule has 3 rings (SSSR count). The summed E-state index contributed by atoms with van der Waals surface area (Å²) in [6, 6.07) is 14.3. The van der Waals surface area contributed by atoms with E-state index < -0.39 is 0 Å². The number of nitrogens with zero attached hydrogens (tertiary/aromatic N) is 2. The van der Waals surface area contributed by atoms with E-state index in [1.807, 2.05) is 37.3 Å². The van der Waals surface area contributed by atoms with Crippen molar-refractivity contribution in [1.82, 2.24) is 15.1 Å². The van der Waals surface area contributed by atoms with Crippen molar-refractivity contribution in [2.24, 2.45) is 0 Å². The van der Waals surface area contributed by atoms with Gasteiger partial charge in [0.1, 0.15) is 6.54 Å². The number of anilines is 1. The van der Waals surface area contributed by atoms with Gasteiger partial charge in [-0.2, -0.15) is 5.10 Å². The summed E-state index contributed by atoms with van der Waals surface area (Å²) in [6.45, 7) is 2.22. The zero-order chi connectivity index (χ0) is 18.5. The molecule has 0 radical (unpaired) electrons. The molecule has 0 spiro atoms. The standard InChI is InChI=1S/C20H18N4O2/c1-3-12-24-19(25)17-7-5-4-6-16(17)18(23-24)13-21-20(26)22-15-10-8-14(2)9-11-15/h1,4-11H,12-13H2,2H3,(H2,21,22,26). The van der Waals surface area contributed by atoms with E-state index in [0.29, 0.717) is 22.2 Å². The summed E-state index contributed by atoms with van der Waals surface area (Å²) in [5.74, 6) is 2.42. The molecule has 1 heterocycles. The third-order valence-electron chi connectivity index (χ3n) is 3.91. The molecular formula is C20H18N4O2. The minimum absolute atomic E-state index is 0.0756. The molecule has 130 valence electrons. The first-order valence-corrected chi connectivity index (χ1v) is 8.12. The van der Waals surface area contributed by atoms with E-state index in [-0.39, 0.29) is 24.7 Å². The van der Waals surface area contributed by atoms with Gasteiger partial charge in [-0.05, 0) is 25.1 Å². The molecule has 1 aromatic heterocycles. The SMILES string of the molecule is C#CCn1nc(CNC(=O)Nc2ccc(C)cc2)c2ccccc2c1=O. The number of hydrogen-bond acceptors (Lipinski definition) is 3. The smallest absolute Gasteiger partial charge is 0.319 e. The van der Waals surface area contributed by atoms with Crippen LogP contribution in [0.4, 0.5) is 10.5 Å². The maximum absolute atomic E-state index is 12.4. The van der Waals surface area contributed by atoms with Gasteiger partial charge in [0, 0.05) is 11.1 Å². The van der Waals surface area contributed by atoms with E-state index in [2.05, 4.69) is 21.7 Å². The number of rotatable bonds is 4. The summed E-state index contributed by atoms with van der Waals surface area (Å²) >= 11 is 0. The molecule has 0 saturated heterocycles. The Hall–Kier alpha value is -3.59. The molecule has 0 aliphatic rings. The Labute approximate surface area is 150 Å². The van der Waals surface area contributed by atoms with Crippen molar-refractivity contribution in [2.45, 2.75) is 20.0 Å². The maximum Gasteiger partial charge on any atom is 0.319 e. The summed E-state index contributed by atoms with van der Waals surface area (Å²) in [5.41, 5.74) is 2.14. The van der Waals surface area contributed by atoms with E-state index >= 15 is 0 Å². The van der Waals surface area contributed by atoms with Gasteiger partial charge in [0.05, 0.1) is 17.6 Å². The third-order valence-corrected chi connectivity index (χ3v) is 3.91. The van der Waals surface area contributed by atoms with E-state index in [9.17, 15) is 9.59 Å². The minimum Gasteiger partial charge on any atom is -0.332 e. The van der Waals surface area contributed by atoms with Gasteiger partial charge in [-0.1, -0.05) is 41.8 Å². The lowest BCUT2D eigenvalue weighted by molar-refractivity contribution is 0.251. The minimum atomic E-state index is -0.352.